The Bertz CT molecular complexity index is 531. The van der Waals surface area contributed by atoms with Crippen molar-refractivity contribution in [1.29, 1.82) is 0 Å². The fourth-order valence-corrected chi connectivity index (χ4v) is 2.58. The molecule has 0 heterocycles. The maximum Gasteiger partial charge on any atom is 0.242 e. The number of carbonyl (C=O) groups excluding carboxylic acids is 2. The Kier molecular flexibility index (Phi) is 9.21. The second kappa shape index (κ2) is 10.9. The quantitative estimate of drug-likeness (QED) is 0.607. The summed E-state index contributed by atoms with van der Waals surface area (Å²) in [5.41, 5.74) is 7.16. The molecule has 0 aliphatic rings. The highest BCUT2D eigenvalue weighted by Crippen LogP contribution is 2.09. The normalized spacial score (nSPS) is 14.6. The molecule has 0 spiro atoms. The van der Waals surface area contributed by atoms with Crippen LogP contribution in [0.5, 0.6) is 0 Å². The number of nitrogens with two attached hydrogens (primary N) is 1. The molecule has 0 saturated heterocycles. The van der Waals surface area contributed by atoms with Crippen LogP contribution in [0.15, 0.2) is 30.3 Å². The fraction of sp³-hybridized carbons (Fsp3) is 0.600. The number of amides is 2. The molecule has 0 bridgehead atoms. The van der Waals surface area contributed by atoms with Crippen molar-refractivity contribution in [3.05, 3.63) is 35.9 Å². The lowest BCUT2D eigenvalue weighted by molar-refractivity contribution is -0.130. The molecule has 1 rings (SSSR count). The first-order chi connectivity index (χ1) is 11.8. The van der Waals surface area contributed by atoms with E-state index in [0.29, 0.717) is 18.9 Å². The summed E-state index contributed by atoms with van der Waals surface area (Å²) in [7, 11) is 0. The largest absolute Gasteiger partial charge is 0.354 e. The molecule has 0 aliphatic heterocycles. The van der Waals surface area contributed by atoms with Crippen LogP contribution in [-0.2, 0) is 16.0 Å². The van der Waals surface area contributed by atoms with Crippen molar-refractivity contribution >= 4 is 11.8 Å². The van der Waals surface area contributed by atoms with Gasteiger partial charge in [-0.1, -0.05) is 64.4 Å². The van der Waals surface area contributed by atoms with Crippen LogP contribution >= 0.6 is 0 Å². The van der Waals surface area contributed by atoms with Crippen molar-refractivity contribution < 1.29 is 9.59 Å². The molecule has 1 aromatic carbocycles. The first-order valence-electron chi connectivity index (χ1n) is 9.22. The molecule has 0 fully saturated rings. The van der Waals surface area contributed by atoms with Crippen LogP contribution in [0.25, 0.3) is 0 Å². The lowest BCUT2D eigenvalue weighted by Crippen LogP contribution is -2.53. The third kappa shape index (κ3) is 7.69. The van der Waals surface area contributed by atoms with Crippen molar-refractivity contribution in [2.24, 2.45) is 17.6 Å². The molecule has 140 valence electrons. The van der Waals surface area contributed by atoms with Gasteiger partial charge in [0.1, 0.15) is 6.04 Å². The average Bonchev–Trinajstić information content (AvgIpc) is 2.60. The van der Waals surface area contributed by atoms with Gasteiger partial charge in [-0.15, -0.1) is 0 Å². The summed E-state index contributed by atoms with van der Waals surface area (Å²) in [6, 6.07) is 8.87. The van der Waals surface area contributed by atoms with Crippen molar-refractivity contribution in [3.63, 3.8) is 0 Å². The van der Waals surface area contributed by atoms with Gasteiger partial charge in [-0.3, -0.25) is 9.59 Å². The van der Waals surface area contributed by atoms with E-state index >= 15 is 0 Å². The van der Waals surface area contributed by atoms with E-state index in [9.17, 15) is 9.59 Å². The van der Waals surface area contributed by atoms with Crippen LogP contribution < -0.4 is 16.4 Å². The molecular formula is C20H33N3O2. The Labute approximate surface area is 151 Å². The third-order valence-corrected chi connectivity index (χ3v) is 4.46. The third-order valence-electron chi connectivity index (χ3n) is 4.46. The summed E-state index contributed by atoms with van der Waals surface area (Å²) in [4.78, 5) is 24.8. The van der Waals surface area contributed by atoms with Gasteiger partial charge >= 0.3 is 0 Å². The van der Waals surface area contributed by atoms with E-state index < -0.39 is 12.1 Å². The summed E-state index contributed by atoms with van der Waals surface area (Å²) in [6.45, 7) is 8.56. The van der Waals surface area contributed by atoms with Gasteiger partial charge < -0.3 is 16.4 Å². The van der Waals surface area contributed by atoms with E-state index in [1.54, 1.807) is 0 Å². The van der Waals surface area contributed by atoms with E-state index in [0.717, 1.165) is 12.8 Å². The molecule has 0 radical (unpaired) electrons. The summed E-state index contributed by atoms with van der Waals surface area (Å²) in [5.74, 6) is -0.0154. The van der Waals surface area contributed by atoms with E-state index in [1.807, 2.05) is 58.0 Å². The predicted molar refractivity (Wildman–Crippen MR) is 102 cm³/mol. The number of hydrogen-bond donors (Lipinski definition) is 3. The zero-order valence-corrected chi connectivity index (χ0v) is 15.9. The Morgan fingerprint density at radius 1 is 1.08 bits per heavy atom. The highest BCUT2D eigenvalue weighted by molar-refractivity contribution is 5.89. The van der Waals surface area contributed by atoms with Crippen molar-refractivity contribution in [2.45, 2.75) is 59.0 Å². The van der Waals surface area contributed by atoms with Crippen molar-refractivity contribution in [1.82, 2.24) is 10.6 Å². The van der Waals surface area contributed by atoms with Crippen LogP contribution in [0.3, 0.4) is 0 Å². The Morgan fingerprint density at radius 3 is 2.28 bits per heavy atom. The maximum absolute atomic E-state index is 12.5. The standard InChI is InChI=1S/C20H33N3O2/c1-5-15(4)18(21)20(25)23-17(13-14(2)3)19(24)22-12-11-16-9-7-6-8-10-16/h6-10,14-15,17-18H,5,11-13,21H2,1-4H3,(H,22,24)(H,23,25)/t15?,17-,18-/m0/s1. The van der Waals surface area contributed by atoms with Gasteiger partial charge in [0.25, 0.3) is 0 Å². The average molecular weight is 348 g/mol. The van der Waals surface area contributed by atoms with Gasteiger partial charge in [-0.2, -0.15) is 0 Å². The second-order valence-corrected chi connectivity index (χ2v) is 7.13. The SMILES string of the molecule is CCC(C)[C@H](N)C(=O)N[C@@H](CC(C)C)C(=O)NCCc1ccccc1. The number of benzene rings is 1. The Balaban J connectivity index is 2.58. The minimum Gasteiger partial charge on any atom is -0.354 e. The molecule has 4 N–H and O–H groups in total. The van der Waals surface area contributed by atoms with Gasteiger partial charge in [-0.05, 0) is 30.2 Å². The summed E-state index contributed by atoms with van der Waals surface area (Å²) >= 11 is 0. The zero-order chi connectivity index (χ0) is 18.8. The molecule has 0 saturated carbocycles. The van der Waals surface area contributed by atoms with Crippen LogP contribution in [0.4, 0.5) is 0 Å². The molecule has 1 aromatic rings. The molecule has 2 amide bonds. The lowest BCUT2D eigenvalue weighted by Gasteiger charge is -2.24. The van der Waals surface area contributed by atoms with Gasteiger partial charge in [-0.25, -0.2) is 0 Å². The van der Waals surface area contributed by atoms with Crippen LogP contribution in [0.1, 0.15) is 46.1 Å². The van der Waals surface area contributed by atoms with E-state index in [2.05, 4.69) is 10.6 Å². The van der Waals surface area contributed by atoms with Gasteiger partial charge in [0.2, 0.25) is 11.8 Å². The molecule has 25 heavy (non-hydrogen) atoms. The maximum atomic E-state index is 12.5. The highest BCUT2D eigenvalue weighted by Gasteiger charge is 2.26. The van der Waals surface area contributed by atoms with Gasteiger partial charge in [0.15, 0.2) is 0 Å². The van der Waals surface area contributed by atoms with Crippen LogP contribution in [-0.4, -0.2) is 30.4 Å². The molecule has 1 unspecified atom stereocenters. The first kappa shape index (κ1) is 21.2. The number of rotatable bonds is 10. The molecule has 5 heteroatoms. The summed E-state index contributed by atoms with van der Waals surface area (Å²) in [5, 5.41) is 5.77. The second-order valence-electron chi connectivity index (χ2n) is 7.13. The molecule has 0 aliphatic carbocycles. The minimum absolute atomic E-state index is 0.0841. The minimum atomic E-state index is -0.586. The number of nitrogens with one attached hydrogen (secondary N) is 2. The lowest BCUT2D eigenvalue weighted by atomic mass is 9.97. The highest BCUT2D eigenvalue weighted by atomic mass is 16.2. The van der Waals surface area contributed by atoms with Crippen molar-refractivity contribution in [2.75, 3.05) is 6.54 Å². The smallest absolute Gasteiger partial charge is 0.242 e. The van der Waals surface area contributed by atoms with Crippen molar-refractivity contribution in [3.8, 4) is 0 Å². The Morgan fingerprint density at radius 2 is 1.72 bits per heavy atom. The van der Waals surface area contributed by atoms with Gasteiger partial charge in [0, 0.05) is 6.54 Å². The number of hydrogen-bond acceptors (Lipinski definition) is 3. The molecule has 3 atom stereocenters. The first-order valence-corrected chi connectivity index (χ1v) is 9.22. The predicted octanol–water partition coefficient (Wildman–Crippen LogP) is 2.25. The Hall–Kier alpha value is -1.88. The monoisotopic (exact) mass is 347 g/mol. The molecule has 0 aromatic heterocycles. The van der Waals surface area contributed by atoms with E-state index in [1.165, 1.54) is 5.56 Å². The molecular weight excluding hydrogens is 314 g/mol. The van der Waals surface area contributed by atoms with Crippen LogP contribution in [0.2, 0.25) is 0 Å². The number of carbonyl (C=O) groups is 2. The van der Waals surface area contributed by atoms with Crippen LogP contribution in [0, 0.1) is 11.8 Å². The van der Waals surface area contributed by atoms with Gasteiger partial charge in [0.05, 0.1) is 6.04 Å². The fourth-order valence-electron chi connectivity index (χ4n) is 2.58. The summed E-state index contributed by atoms with van der Waals surface area (Å²) in [6.07, 6.45) is 2.18. The topological polar surface area (TPSA) is 84.2 Å². The zero-order valence-electron chi connectivity index (χ0n) is 15.9. The van der Waals surface area contributed by atoms with E-state index in [-0.39, 0.29) is 17.7 Å². The molecule has 5 nitrogen and oxygen atoms in total. The summed E-state index contributed by atoms with van der Waals surface area (Å²) < 4.78 is 0. The van der Waals surface area contributed by atoms with E-state index in [4.69, 9.17) is 5.73 Å².